The van der Waals surface area contributed by atoms with Crippen molar-refractivity contribution in [3.8, 4) is 44.5 Å². The first-order valence-electron chi connectivity index (χ1n) is 35.1. The van der Waals surface area contributed by atoms with Gasteiger partial charge in [-0.25, -0.2) is 16.8 Å². The second-order valence-electron chi connectivity index (χ2n) is 26.8. The van der Waals surface area contributed by atoms with Gasteiger partial charge in [0, 0.05) is 123 Å². The van der Waals surface area contributed by atoms with Crippen LogP contribution in [0.1, 0.15) is 70.7 Å². The lowest BCUT2D eigenvalue weighted by atomic mass is 9.89. The summed E-state index contributed by atoms with van der Waals surface area (Å²) in [6, 6.07) is 48.8. The Bertz CT molecular complexity index is 5430. The molecule has 608 valence electrons. The molecular formula is C80H68Cl5F12N7O9S2. The maximum absolute atomic E-state index is 13.0. The van der Waals surface area contributed by atoms with E-state index in [0.29, 0.717) is 97.9 Å². The maximum atomic E-state index is 13.0. The van der Waals surface area contributed by atoms with Crippen molar-refractivity contribution in [2.24, 2.45) is 0 Å². The van der Waals surface area contributed by atoms with Crippen LogP contribution in [0.4, 0.5) is 69.7 Å². The fourth-order valence-electron chi connectivity index (χ4n) is 13.6. The van der Waals surface area contributed by atoms with E-state index >= 15 is 0 Å². The van der Waals surface area contributed by atoms with Gasteiger partial charge in [0.25, 0.3) is 10.0 Å². The average Bonchev–Trinajstić information content (AvgIpc) is 0.780. The predicted octanol–water partition coefficient (Wildman–Crippen LogP) is 19.8. The highest BCUT2D eigenvalue weighted by Crippen LogP contribution is 2.43. The molecule has 0 atom stereocenters. The maximum Gasteiger partial charge on any atom is 0.471 e. The summed E-state index contributed by atoms with van der Waals surface area (Å²) < 4.78 is 208. The van der Waals surface area contributed by atoms with Gasteiger partial charge in [0.15, 0.2) is 0 Å². The molecule has 0 radical (unpaired) electrons. The highest BCUT2D eigenvalue weighted by Gasteiger charge is 2.47. The molecule has 13 rings (SSSR count). The van der Waals surface area contributed by atoms with Crippen LogP contribution in [0.5, 0.6) is 0 Å². The van der Waals surface area contributed by atoms with Crippen molar-refractivity contribution in [3.05, 3.63) is 246 Å². The number of amides is 5. The summed E-state index contributed by atoms with van der Waals surface area (Å²) in [7, 11) is -7.63. The monoisotopic (exact) mass is 1740 g/mol. The summed E-state index contributed by atoms with van der Waals surface area (Å²) in [6.45, 7) is 0.966. The molecule has 0 fully saturated rings. The Labute approximate surface area is 678 Å². The summed E-state index contributed by atoms with van der Waals surface area (Å²) in [5.74, 6) is -7.67. The number of nitrogens with one attached hydrogen (secondary N) is 3. The van der Waals surface area contributed by atoms with Gasteiger partial charge >= 0.3 is 48.3 Å². The zero-order valence-electron chi connectivity index (χ0n) is 60.6. The second-order valence-corrected chi connectivity index (χ2v) is 32.3. The zero-order chi connectivity index (χ0) is 83.9. The molecule has 0 bridgehead atoms. The van der Waals surface area contributed by atoms with E-state index in [-0.39, 0.29) is 93.8 Å². The van der Waals surface area contributed by atoms with Crippen molar-refractivity contribution < 1.29 is 93.5 Å². The Morgan fingerprint density at radius 2 is 0.678 bits per heavy atom. The van der Waals surface area contributed by atoms with Crippen molar-refractivity contribution >= 4 is 125 Å². The molecule has 35 heteroatoms. The molecule has 0 spiro atoms. The van der Waals surface area contributed by atoms with E-state index in [4.69, 9.17) is 58.0 Å². The fraction of sp³-hybridized carbons (Fsp3) is 0.263. The van der Waals surface area contributed by atoms with Gasteiger partial charge in [0.1, 0.15) is 0 Å². The molecule has 4 aliphatic rings. The summed E-state index contributed by atoms with van der Waals surface area (Å²) >= 11 is 31.1. The minimum absolute atomic E-state index is 0.0357. The number of nitrogens with zero attached hydrogens (tertiary/aromatic N) is 4. The number of anilines is 3. The molecule has 5 amide bonds. The van der Waals surface area contributed by atoms with Gasteiger partial charge in [-0.15, -0.1) is 0 Å². The molecule has 4 aliphatic heterocycles. The molecule has 115 heavy (non-hydrogen) atoms. The van der Waals surface area contributed by atoms with Crippen molar-refractivity contribution in [1.82, 2.24) is 19.6 Å². The van der Waals surface area contributed by atoms with E-state index < -0.39 is 68.4 Å². The van der Waals surface area contributed by atoms with Crippen molar-refractivity contribution in [3.63, 3.8) is 0 Å². The minimum Gasteiger partial charge on any atom is -0.330 e. The van der Waals surface area contributed by atoms with Gasteiger partial charge in [-0.1, -0.05) is 162 Å². The number of carbonyl (C=O) groups is 5. The topological polar surface area (TPSA) is 203 Å². The van der Waals surface area contributed by atoms with Crippen LogP contribution < -0.4 is 14.8 Å². The number of hydrogen-bond donors (Lipinski definition) is 3. The largest absolute Gasteiger partial charge is 0.471 e. The van der Waals surface area contributed by atoms with Crippen LogP contribution >= 0.6 is 58.0 Å². The van der Waals surface area contributed by atoms with Crippen molar-refractivity contribution in [2.75, 3.05) is 47.2 Å². The van der Waals surface area contributed by atoms with Gasteiger partial charge in [-0.05, 0) is 184 Å². The minimum atomic E-state index is -5.00. The Hall–Kier alpha value is -9.56. The zero-order valence-corrected chi connectivity index (χ0v) is 66.0. The number of rotatable bonds is 13. The molecule has 9 aromatic rings. The molecule has 0 unspecified atom stereocenters. The molecule has 0 aromatic heterocycles. The number of alkyl halides is 12. The average molecular weight is 1740 g/mol. The molecule has 0 saturated carbocycles. The number of halogens is 17. The van der Waals surface area contributed by atoms with Crippen LogP contribution in [0, 0.1) is 0 Å². The number of benzene rings is 9. The van der Waals surface area contributed by atoms with E-state index in [0.717, 1.165) is 73.4 Å². The lowest BCUT2D eigenvalue weighted by molar-refractivity contribution is -0.186. The molecule has 4 heterocycles. The lowest BCUT2D eigenvalue weighted by Gasteiger charge is -2.31. The number of carbonyl (C=O) groups excluding carboxylic acids is 5. The van der Waals surface area contributed by atoms with Gasteiger partial charge < -0.3 is 24.9 Å². The quantitative estimate of drug-likeness (QED) is 0.0939. The van der Waals surface area contributed by atoms with Gasteiger partial charge in [-0.3, -0.25) is 33.4 Å². The van der Waals surface area contributed by atoms with E-state index in [1.54, 1.807) is 103 Å². The molecule has 0 aliphatic carbocycles. The Kier molecular flexibility index (Phi) is 27.7. The Balaban J connectivity index is 0.000000163. The molecule has 9 aromatic carbocycles. The number of unbranched alkanes of at least 4 members (excludes halogenated alkanes) is 1. The van der Waals surface area contributed by atoms with Crippen LogP contribution in [0.2, 0.25) is 25.1 Å². The van der Waals surface area contributed by atoms with E-state index in [1.807, 2.05) is 43.3 Å². The van der Waals surface area contributed by atoms with Gasteiger partial charge in [0.2, 0.25) is 15.9 Å². The fourth-order valence-corrected chi connectivity index (χ4v) is 16.3. The Morgan fingerprint density at radius 3 is 1.02 bits per heavy atom. The molecule has 3 N–H and O–H groups in total. The third kappa shape index (κ3) is 22.2. The second kappa shape index (κ2) is 36.3. The van der Waals surface area contributed by atoms with Gasteiger partial charge in [-0.2, -0.15) is 52.7 Å². The summed E-state index contributed by atoms with van der Waals surface area (Å²) in [5, 5.41) is 5.11. The third-order valence-electron chi connectivity index (χ3n) is 18.8. The van der Waals surface area contributed by atoms with Crippen LogP contribution in [0.15, 0.2) is 181 Å². The first kappa shape index (κ1) is 87.8. The lowest BCUT2D eigenvalue weighted by Crippen LogP contribution is -2.43. The number of fused-ring (bicyclic) bond motifs is 4. The molecular weight excluding hydrogens is 1670 g/mol. The van der Waals surface area contributed by atoms with E-state index in [2.05, 4.69) is 14.8 Å². The number of hydrogen-bond acceptors (Lipinski definition) is 9. The standard InChI is InChI=1S/C23H17Cl2F3N2O3S.C22H22ClF3N2O2.C18H16ClF3N2O3S.C17H13ClF3NO/c24-15-5-7-17(8-6-15)34(32,33)29-16-11-14-13-30(22(31)23(26,27)28)10-9-18(14)20(12-16)19-3-1-2-4-21(19)25;1-2-3-8-20(29)27-15-11-14-13-28(21(30)22(24,25)26)10-9-16(14)18(12-15)17-6-4-5-7-19(17)23;1-28(26,27)23-12-8-11-10-24(17(25)18(20,21)22)7-6-13(11)15(9-12)14-4-2-3-5-16(14)19;18-15-7-2-1-5-14(15)13-6-3-4-11-10-22(9-8-12(11)13)16(23)17(19,20)21/h1-8,11-12,29H,9-10,13H2;4-7,11-12H,2-3,8-10,13H2,1H3,(H,27,29);2-5,8-9,23H,6-7,10H2,1H3;1-7H,8-10H2. The van der Waals surface area contributed by atoms with Crippen LogP contribution in [0.25, 0.3) is 44.5 Å². The van der Waals surface area contributed by atoms with Crippen LogP contribution in [0.3, 0.4) is 0 Å². The van der Waals surface area contributed by atoms with Gasteiger partial charge in [0.05, 0.1) is 11.2 Å². The SMILES string of the molecule is CCCCC(=O)Nc1cc2c(c(-c3ccccc3Cl)c1)CCN(C(=O)C(F)(F)F)C2.CS(=O)(=O)Nc1cc2c(c(-c3ccccc3Cl)c1)CCN(C(=O)C(F)(F)F)C2.O=C(N1CCc2c(cc(NS(=O)(=O)c3ccc(Cl)cc3)cc2-c2ccccc2Cl)C1)C(F)(F)F.O=C(N1CCc2c(cccc2-c2ccccc2Cl)C1)C(F)(F)F. The Morgan fingerprint density at radius 1 is 0.374 bits per heavy atom. The third-order valence-corrected chi connectivity index (χ3v) is 22.3. The van der Waals surface area contributed by atoms with Crippen LogP contribution in [-0.4, -0.2) is 123 Å². The van der Waals surface area contributed by atoms with E-state index in [9.17, 15) is 93.5 Å². The first-order chi connectivity index (χ1) is 54.0. The van der Waals surface area contributed by atoms with E-state index in [1.165, 1.54) is 36.4 Å². The van der Waals surface area contributed by atoms with Crippen LogP contribution in [-0.2, 0) is 95.9 Å². The predicted molar refractivity (Wildman–Crippen MR) is 417 cm³/mol. The highest BCUT2D eigenvalue weighted by molar-refractivity contribution is 7.92. The summed E-state index contributed by atoms with van der Waals surface area (Å²) in [5.41, 5.74) is 11.8. The van der Waals surface area contributed by atoms with Crippen molar-refractivity contribution in [1.29, 1.82) is 0 Å². The van der Waals surface area contributed by atoms with Crippen molar-refractivity contribution in [2.45, 2.75) is 108 Å². The molecule has 16 nitrogen and oxygen atoms in total. The number of sulfonamides is 2. The summed E-state index contributed by atoms with van der Waals surface area (Å²) in [6.07, 6.45) is -15.8. The smallest absolute Gasteiger partial charge is 0.330 e. The molecule has 0 saturated heterocycles. The first-order valence-corrected chi connectivity index (χ1v) is 40.3. The normalized spacial score (nSPS) is 14.1. The highest BCUT2D eigenvalue weighted by atomic mass is 35.5. The summed E-state index contributed by atoms with van der Waals surface area (Å²) in [4.78, 5) is 61.8.